The van der Waals surface area contributed by atoms with E-state index in [0.29, 0.717) is 10.2 Å². The summed E-state index contributed by atoms with van der Waals surface area (Å²) in [7, 11) is -4.00. The predicted molar refractivity (Wildman–Crippen MR) is 99.6 cm³/mol. The van der Waals surface area contributed by atoms with Crippen LogP contribution >= 0.6 is 15.9 Å². The summed E-state index contributed by atoms with van der Waals surface area (Å²) >= 11 is 3.14. The minimum atomic E-state index is -4.00. The molecule has 1 N–H and O–H groups in total. The van der Waals surface area contributed by atoms with E-state index in [0.717, 1.165) is 4.31 Å². The van der Waals surface area contributed by atoms with Gasteiger partial charge in [-0.3, -0.25) is 9.10 Å². The lowest BCUT2D eigenvalue weighted by atomic mass is 10.3. The number of hydrogen-bond acceptors (Lipinski definition) is 3. The average molecular weight is 427 g/mol. The standard InChI is InChI=1S/C17H16BrFN2O3S/c1-3-10-21(17-9-4-13(18)11-16(17)19)25(23,24)15-7-5-14(6-8-15)20-12(2)22/h3-9,11H,1,10H2,2H3,(H,20,22). The van der Waals surface area contributed by atoms with Crippen LogP contribution in [0.15, 0.2) is 64.5 Å². The van der Waals surface area contributed by atoms with Crippen LogP contribution in [0, 0.1) is 5.82 Å². The van der Waals surface area contributed by atoms with Gasteiger partial charge in [-0.25, -0.2) is 12.8 Å². The van der Waals surface area contributed by atoms with Gasteiger partial charge in [-0.15, -0.1) is 6.58 Å². The summed E-state index contributed by atoms with van der Waals surface area (Å²) < 4.78 is 41.5. The largest absolute Gasteiger partial charge is 0.326 e. The van der Waals surface area contributed by atoms with Crippen molar-refractivity contribution in [1.82, 2.24) is 0 Å². The first-order valence-corrected chi connectivity index (χ1v) is 9.45. The van der Waals surface area contributed by atoms with Gasteiger partial charge in [0, 0.05) is 17.1 Å². The number of nitrogens with zero attached hydrogens (tertiary/aromatic N) is 1. The van der Waals surface area contributed by atoms with Crippen LogP contribution in [-0.4, -0.2) is 20.9 Å². The van der Waals surface area contributed by atoms with E-state index >= 15 is 0 Å². The van der Waals surface area contributed by atoms with Crippen molar-refractivity contribution in [2.45, 2.75) is 11.8 Å². The van der Waals surface area contributed by atoms with Crippen molar-refractivity contribution in [1.29, 1.82) is 0 Å². The van der Waals surface area contributed by atoms with Gasteiger partial charge in [0.2, 0.25) is 5.91 Å². The van der Waals surface area contributed by atoms with Gasteiger partial charge in [0.1, 0.15) is 5.82 Å². The highest BCUT2D eigenvalue weighted by Crippen LogP contribution is 2.28. The fourth-order valence-electron chi connectivity index (χ4n) is 2.17. The van der Waals surface area contributed by atoms with Crippen molar-refractivity contribution in [2.24, 2.45) is 0 Å². The fourth-order valence-corrected chi connectivity index (χ4v) is 3.94. The van der Waals surface area contributed by atoms with E-state index in [1.807, 2.05) is 0 Å². The third-order valence-electron chi connectivity index (χ3n) is 3.24. The van der Waals surface area contributed by atoms with Gasteiger partial charge in [-0.1, -0.05) is 22.0 Å². The highest BCUT2D eigenvalue weighted by atomic mass is 79.9. The van der Waals surface area contributed by atoms with E-state index in [1.165, 1.54) is 49.4 Å². The third-order valence-corrected chi connectivity index (χ3v) is 5.52. The van der Waals surface area contributed by atoms with E-state index in [2.05, 4.69) is 27.8 Å². The second-order valence-corrected chi connectivity index (χ2v) is 7.90. The molecule has 0 fully saturated rings. The van der Waals surface area contributed by atoms with Crippen molar-refractivity contribution in [2.75, 3.05) is 16.2 Å². The molecule has 0 aromatic heterocycles. The molecule has 0 radical (unpaired) electrons. The topological polar surface area (TPSA) is 66.5 Å². The molecule has 0 unspecified atom stereocenters. The maximum absolute atomic E-state index is 14.3. The van der Waals surface area contributed by atoms with E-state index in [4.69, 9.17) is 0 Å². The first-order chi connectivity index (χ1) is 11.8. The summed E-state index contributed by atoms with van der Waals surface area (Å²) in [5.41, 5.74) is 0.394. The molecule has 0 saturated carbocycles. The zero-order valence-corrected chi connectivity index (χ0v) is 15.8. The molecule has 0 aliphatic rings. The van der Waals surface area contributed by atoms with Crippen molar-refractivity contribution in [3.63, 3.8) is 0 Å². The molecule has 8 heteroatoms. The second-order valence-electron chi connectivity index (χ2n) is 5.13. The van der Waals surface area contributed by atoms with Crippen LogP contribution in [0.4, 0.5) is 15.8 Å². The Bertz CT molecular complexity index is 899. The molecule has 1 amide bonds. The maximum Gasteiger partial charge on any atom is 0.264 e. The molecule has 0 heterocycles. The number of sulfonamides is 1. The molecule has 0 aliphatic carbocycles. The average Bonchev–Trinajstić information content (AvgIpc) is 2.53. The molecule has 5 nitrogen and oxygen atoms in total. The predicted octanol–water partition coefficient (Wildman–Crippen LogP) is 3.93. The molecule has 0 atom stereocenters. The van der Waals surface area contributed by atoms with Crippen LogP contribution in [0.1, 0.15) is 6.92 Å². The lowest BCUT2D eigenvalue weighted by Crippen LogP contribution is -2.32. The number of anilines is 2. The Hall–Kier alpha value is -2.19. The smallest absolute Gasteiger partial charge is 0.264 e. The molecule has 2 aromatic rings. The highest BCUT2D eigenvalue weighted by molar-refractivity contribution is 9.10. The molecule has 0 bridgehead atoms. The Kier molecular flexibility index (Phi) is 5.97. The number of benzene rings is 2. The van der Waals surface area contributed by atoms with Crippen LogP contribution in [0.25, 0.3) is 0 Å². The van der Waals surface area contributed by atoms with Gasteiger partial charge in [-0.2, -0.15) is 0 Å². The number of amides is 1. The number of rotatable bonds is 6. The lowest BCUT2D eigenvalue weighted by molar-refractivity contribution is -0.114. The van der Waals surface area contributed by atoms with Gasteiger partial charge in [0.15, 0.2) is 0 Å². The molecule has 0 saturated heterocycles. The summed E-state index contributed by atoms with van der Waals surface area (Å²) in [6.45, 7) is 4.81. The summed E-state index contributed by atoms with van der Waals surface area (Å²) in [5, 5.41) is 2.56. The third kappa shape index (κ3) is 4.46. The van der Waals surface area contributed by atoms with Crippen molar-refractivity contribution in [3.8, 4) is 0 Å². The number of hydrogen-bond donors (Lipinski definition) is 1. The van der Waals surface area contributed by atoms with Crippen LogP contribution in [-0.2, 0) is 14.8 Å². The van der Waals surface area contributed by atoms with Crippen LogP contribution < -0.4 is 9.62 Å². The summed E-state index contributed by atoms with van der Waals surface area (Å²) in [5.74, 6) is -0.935. The number of carbonyl (C=O) groups is 1. The second kappa shape index (κ2) is 7.79. The highest BCUT2D eigenvalue weighted by Gasteiger charge is 2.26. The van der Waals surface area contributed by atoms with Crippen LogP contribution in [0.5, 0.6) is 0 Å². The molecule has 2 aromatic carbocycles. The number of carbonyl (C=O) groups excluding carboxylic acids is 1. The Morgan fingerprint density at radius 1 is 1.28 bits per heavy atom. The maximum atomic E-state index is 14.3. The van der Waals surface area contributed by atoms with Crippen LogP contribution in [0.2, 0.25) is 0 Å². The SMILES string of the molecule is C=CCN(c1ccc(Br)cc1F)S(=O)(=O)c1ccc(NC(C)=O)cc1. The molecular formula is C17H16BrFN2O3S. The van der Waals surface area contributed by atoms with Gasteiger partial charge in [0.05, 0.1) is 17.1 Å². The summed E-state index contributed by atoms with van der Waals surface area (Å²) in [6, 6.07) is 9.79. The van der Waals surface area contributed by atoms with Crippen LogP contribution in [0.3, 0.4) is 0 Å². The molecule has 0 spiro atoms. The molecule has 25 heavy (non-hydrogen) atoms. The van der Waals surface area contributed by atoms with Gasteiger partial charge in [-0.05, 0) is 42.5 Å². The zero-order chi connectivity index (χ0) is 18.6. The molecule has 132 valence electrons. The van der Waals surface area contributed by atoms with Crippen molar-refractivity contribution < 1.29 is 17.6 Å². The van der Waals surface area contributed by atoms with E-state index < -0.39 is 15.8 Å². The normalized spacial score (nSPS) is 11.0. The monoisotopic (exact) mass is 426 g/mol. The quantitative estimate of drug-likeness (QED) is 0.711. The van der Waals surface area contributed by atoms with Gasteiger partial charge < -0.3 is 5.32 Å². The Morgan fingerprint density at radius 3 is 2.44 bits per heavy atom. The molecular weight excluding hydrogens is 411 g/mol. The molecule has 2 rings (SSSR count). The van der Waals surface area contributed by atoms with Gasteiger partial charge >= 0.3 is 0 Å². The fraction of sp³-hybridized carbons (Fsp3) is 0.118. The van der Waals surface area contributed by atoms with E-state index in [-0.39, 0.29) is 23.0 Å². The first kappa shape index (κ1) is 19.1. The Labute approximate surface area is 154 Å². The first-order valence-electron chi connectivity index (χ1n) is 7.22. The number of nitrogens with one attached hydrogen (secondary N) is 1. The Morgan fingerprint density at radius 2 is 1.92 bits per heavy atom. The Balaban J connectivity index is 2.45. The minimum absolute atomic E-state index is 0.0224. The zero-order valence-electron chi connectivity index (χ0n) is 13.4. The number of halogens is 2. The van der Waals surface area contributed by atoms with Gasteiger partial charge in [0.25, 0.3) is 10.0 Å². The minimum Gasteiger partial charge on any atom is -0.326 e. The van der Waals surface area contributed by atoms with E-state index in [9.17, 15) is 17.6 Å². The summed E-state index contributed by atoms with van der Waals surface area (Å²) in [4.78, 5) is 11.0. The van der Waals surface area contributed by atoms with Crippen molar-refractivity contribution in [3.05, 3.63) is 65.4 Å². The van der Waals surface area contributed by atoms with Crippen molar-refractivity contribution >= 4 is 43.2 Å². The lowest BCUT2D eigenvalue weighted by Gasteiger charge is -2.23. The molecule has 0 aliphatic heterocycles. The summed E-state index contributed by atoms with van der Waals surface area (Å²) in [6.07, 6.45) is 1.38. The van der Waals surface area contributed by atoms with E-state index in [1.54, 1.807) is 6.07 Å².